The van der Waals surface area contributed by atoms with Gasteiger partial charge in [-0.25, -0.2) is 21.1 Å². The number of ether oxygens (including phenoxy) is 1. The van der Waals surface area contributed by atoms with Crippen molar-refractivity contribution in [1.29, 1.82) is 0 Å². The van der Waals surface area contributed by atoms with Gasteiger partial charge in [-0.1, -0.05) is 12.1 Å². The van der Waals surface area contributed by atoms with Crippen LogP contribution in [-0.4, -0.2) is 53.6 Å². The molecule has 0 unspecified atom stereocenters. The standard InChI is InChI=1S/C18H21N3O7S2/c1-21(2)30(25,26)17-10-9-13(28-17)12-27-16(22)8-5-11-19-18-14-6-3-4-7-15(14)29(23,24)20-18/h3-4,6-7,9-10H,5,8,11-12H2,1-2H3,(H,19,20). The third-order valence-corrected chi connectivity index (χ3v) is 7.31. The molecule has 30 heavy (non-hydrogen) atoms. The Bertz CT molecular complexity index is 1180. The predicted octanol–water partition coefficient (Wildman–Crippen LogP) is 1.09. The minimum atomic E-state index is -3.69. The van der Waals surface area contributed by atoms with Crippen molar-refractivity contribution >= 4 is 31.9 Å². The summed E-state index contributed by atoms with van der Waals surface area (Å²) in [5, 5.41) is -0.228. The zero-order chi connectivity index (χ0) is 21.9. The molecule has 0 atom stereocenters. The second kappa shape index (κ2) is 8.58. The van der Waals surface area contributed by atoms with Gasteiger partial charge in [0.1, 0.15) is 18.2 Å². The first-order valence-corrected chi connectivity index (χ1v) is 11.9. The van der Waals surface area contributed by atoms with Crippen LogP contribution in [0.15, 0.2) is 55.8 Å². The first-order chi connectivity index (χ1) is 14.1. The normalized spacial score (nSPS) is 16.4. The smallest absolute Gasteiger partial charge is 0.306 e. The van der Waals surface area contributed by atoms with Crippen LogP contribution in [-0.2, 0) is 36.2 Å². The van der Waals surface area contributed by atoms with Crippen LogP contribution >= 0.6 is 0 Å². The number of fused-ring (bicyclic) bond motifs is 1. The highest BCUT2D eigenvalue weighted by atomic mass is 32.2. The number of nitrogens with one attached hydrogen (secondary N) is 1. The van der Waals surface area contributed by atoms with Crippen LogP contribution in [0.5, 0.6) is 0 Å². The van der Waals surface area contributed by atoms with Crippen LogP contribution in [0.4, 0.5) is 0 Å². The van der Waals surface area contributed by atoms with Gasteiger partial charge in [-0.3, -0.25) is 14.5 Å². The Hall–Kier alpha value is -2.70. The summed E-state index contributed by atoms with van der Waals surface area (Å²) in [5.74, 6) is -0.0406. The average molecular weight is 456 g/mol. The van der Waals surface area contributed by atoms with E-state index in [9.17, 15) is 21.6 Å². The molecule has 0 saturated carbocycles. The third kappa shape index (κ3) is 4.71. The summed E-state index contributed by atoms with van der Waals surface area (Å²) in [6.45, 7) is 0.0384. The van der Waals surface area contributed by atoms with E-state index < -0.39 is 26.0 Å². The quantitative estimate of drug-likeness (QED) is 0.465. The molecular weight excluding hydrogens is 434 g/mol. The Kier molecular flexibility index (Phi) is 6.29. The first kappa shape index (κ1) is 22.0. The van der Waals surface area contributed by atoms with Gasteiger partial charge >= 0.3 is 5.97 Å². The summed E-state index contributed by atoms with van der Waals surface area (Å²) < 4.78 is 61.6. The third-order valence-electron chi connectivity index (χ3n) is 4.22. The van der Waals surface area contributed by atoms with Gasteiger partial charge in [-0.05, 0) is 30.7 Å². The van der Waals surface area contributed by atoms with Crippen molar-refractivity contribution in [3.8, 4) is 0 Å². The van der Waals surface area contributed by atoms with E-state index in [0.717, 1.165) is 4.31 Å². The predicted molar refractivity (Wildman–Crippen MR) is 107 cm³/mol. The number of nitrogens with zero attached hydrogens (tertiary/aromatic N) is 2. The van der Waals surface area contributed by atoms with Gasteiger partial charge in [0.2, 0.25) is 5.09 Å². The number of carbonyl (C=O) groups excluding carboxylic acids is 1. The van der Waals surface area contributed by atoms with Gasteiger partial charge in [-0.2, -0.15) is 0 Å². The molecule has 10 nitrogen and oxygen atoms in total. The van der Waals surface area contributed by atoms with Gasteiger partial charge in [0.05, 0.1) is 4.90 Å². The summed E-state index contributed by atoms with van der Waals surface area (Å²) in [7, 11) is -4.51. The number of sulfonamides is 2. The minimum Gasteiger partial charge on any atom is -0.457 e. The van der Waals surface area contributed by atoms with Crippen molar-refractivity contribution < 1.29 is 30.8 Å². The maximum atomic E-state index is 12.0. The van der Waals surface area contributed by atoms with Gasteiger partial charge < -0.3 is 9.15 Å². The number of amidine groups is 1. The topological polar surface area (TPSA) is 135 Å². The lowest BCUT2D eigenvalue weighted by atomic mass is 10.2. The summed E-state index contributed by atoms with van der Waals surface area (Å²) in [5.41, 5.74) is 0.501. The highest BCUT2D eigenvalue weighted by molar-refractivity contribution is 7.90. The SMILES string of the molecule is CN(C)S(=O)(=O)c1ccc(COC(=O)CCCN=C2NS(=O)(=O)c3ccccc32)o1. The molecule has 0 saturated heterocycles. The van der Waals surface area contributed by atoms with Crippen LogP contribution in [0, 0.1) is 0 Å². The van der Waals surface area contributed by atoms with Crippen LogP contribution in [0.3, 0.4) is 0 Å². The number of carbonyl (C=O) groups is 1. The van der Waals surface area contributed by atoms with Crippen LogP contribution in [0.2, 0.25) is 0 Å². The molecule has 2 heterocycles. The minimum absolute atomic E-state index is 0.0642. The number of rotatable bonds is 8. The molecule has 1 aromatic heterocycles. The molecule has 1 aliphatic rings. The molecule has 1 aromatic carbocycles. The van der Waals surface area contributed by atoms with E-state index in [0.29, 0.717) is 12.0 Å². The molecular formula is C18H21N3O7S2. The zero-order valence-electron chi connectivity index (χ0n) is 16.4. The highest BCUT2D eigenvalue weighted by Gasteiger charge is 2.29. The lowest BCUT2D eigenvalue weighted by molar-refractivity contribution is -0.145. The van der Waals surface area contributed by atoms with Crippen LogP contribution in [0.25, 0.3) is 0 Å². The Morgan fingerprint density at radius 3 is 2.67 bits per heavy atom. The molecule has 2 aromatic rings. The van der Waals surface area contributed by atoms with Gasteiger partial charge in [0.15, 0.2) is 0 Å². The second-order valence-electron chi connectivity index (χ2n) is 6.60. The molecule has 0 amide bonds. The number of furan rings is 1. The Morgan fingerprint density at radius 2 is 1.93 bits per heavy atom. The van der Waals surface area contributed by atoms with E-state index in [1.807, 2.05) is 0 Å². The maximum absolute atomic E-state index is 12.0. The van der Waals surface area contributed by atoms with Gasteiger partial charge in [0.25, 0.3) is 20.0 Å². The van der Waals surface area contributed by atoms with Crippen molar-refractivity contribution in [2.75, 3.05) is 20.6 Å². The molecule has 0 bridgehead atoms. The Morgan fingerprint density at radius 1 is 1.20 bits per heavy atom. The molecule has 0 spiro atoms. The van der Waals surface area contributed by atoms with E-state index in [1.54, 1.807) is 18.2 Å². The maximum Gasteiger partial charge on any atom is 0.306 e. The highest BCUT2D eigenvalue weighted by Crippen LogP contribution is 2.22. The van der Waals surface area contributed by atoms with Crippen molar-refractivity contribution in [2.45, 2.75) is 29.4 Å². The van der Waals surface area contributed by atoms with Gasteiger partial charge in [-0.15, -0.1) is 0 Å². The van der Waals surface area contributed by atoms with E-state index in [4.69, 9.17) is 9.15 Å². The molecule has 0 radical (unpaired) electrons. The summed E-state index contributed by atoms with van der Waals surface area (Å²) in [6.07, 6.45) is 0.416. The fourth-order valence-corrected chi connectivity index (χ4v) is 4.71. The Balaban J connectivity index is 1.48. The van der Waals surface area contributed by atoms with Crippen molar-refractivity contribution in [1.82, 2.24) is 9.03 Å². The fraction of sp³-hybridized carbons (Fsp3) is 0.333. The summed E-state index contributed by atoms with van der Waals surface area (Å²) in [4.78, 5) is 16.3. The fourth-order valence-electron chi connectivity index (χ4n) is 2.64. The van der Waals surface area contributed by atoms with Crippen molar-refractivity contribution in [3.05, 3.63) is 47.7 Å². The lowest BCUT2D eigenvalue weighted by Crippen LogP contribution is -2.22. The number of benzene rings is 1. The van der Waals surface area contributed by atoms with E-state index in [1.165, 1.54) is 32.3 Å². The summed E-state index contributed by atoms with van der Waals surface area (Å²) in [6, 6.07) is 9.25. The number of hydrogen-bond acceptors (Lipinski definition) is 8. The average Bonchev–Trinajstić information content (AvgIpc) is 3.27. The number of esters is 1. The van der Waals surface area contributed by atoms with Crippen molar-refractivity contribution in [3.63, 3.8) is 0 Å². The monoisotopic (exact) mass is 455 g/mol. The molecule has 0 aliphatic carbocycles. The Labute approximate surface area is 174 Å². The van der Waals surface area contributed by atoms with E-state index in [-0.39, 0.29) is 41.2 Å². The van der Waals surface area contributed by atoms with Crippen molar-refractivity contribution in [2.24, 2.45) is 4.99 Å². The number of aliphatic imine (C=N–C) groups is 1. The number of hydrogen-bond donors (Lipinski definition) is 1. The van der Waals surface area contributed by atoms with E-state index in [2.05, 4.69) is 9.71 Å². The second-order valence-corrected chi connectivity index (χ2v) is 10.3. The molecule has 3 rings (SSSR count). The van der Waals surface area contributed by atoms with Crippen LogP contribution in [0.1, 0.15) is 24.2 Å². The van der Waals surface area contributed by atoms with Gasteiger partial charge in [0, 0.05) is 32.6 Å². The first-order valence-electron chi connectivity index (χ1n) is 8.95. The largest absolute Gasteiger partial charge is 0.457 e. The molecule has 12 heteroatoms. The molecule has 1 aliphatic heterocycles. The molecule has 1 N–H and O–H groups in total. The summed E-state index contributed by atoms with van der Waals surface area (Å²) >= 11 is 0. The lowest BCUT2D eigenvalue weighted by Gasteiger charge is -2.07. The van der Waals surface area contributed by atoms with Crippen LogP contribution < -0.4 is 4.72 Å². The van der Waals surface area contributed by atoms with E-state index >= 15 is 0 Å². The molecule has 0 fully saturated rings. The molecule has 162 valence electrons. The zero-order valence-corrected chi connectivity index (χ0v) is 18.0.